The minimum Gasteiger partial charge on any atom is -0.355 e. The van der Waals surface area contributed by atoms with Crippen molar-refractivity contribution in [2.24, 2.45) is 5.92 Å². The topological polar surface area (TPSA) is 49.4 Å². The van der Waals surface area contributed by atoms with E-state index in [1.807, 2.05) is 6.07 Å². The van der Waals surface area contributed by atoms with Gasteiger partial charge in [-0.1, -0.05) is 43.1 Å². The summed E-state index contributed by atoms with van der Waals surface area (Å²) in [7, 11) is 0. The molecule has 4 nitrogen and oxygen atoms in total. The lowest BCUT2D eigenvalue weighted by molar-refractivity contribution is -0.134. The van der Waals surface area contributed by atoms with Gasteiger partial charge in [0, 0.05) is 30.1 Å². The lowest BCUT2D eigenvalue weighted by Gasteiger charge is -2.21. The summed E-state index contributed by atoms with van der Waals surface area (Å²) < 4.78 is 0. The maximum absolute atomic E-state index is 11.9. The molecule has 0 atom stereocenters. The first-order chi connectivity index (χ1) is 10.8. The fraction of sp³-hybridized carbons (Fsp3) is 0.529. The van der Waals surface area contributed by atoms with E-state index in [9.17, 15) is 9.59 Å². The van der Waals surface area contributed by atoms with E-state index in [4.69, 9.17) is 23.2 Å². The Kier molecular flexibility index (Phi) is 8.42. The molecule has 0 unspecified atom stereocenters. The molecule has 1 N–H and O–H groups in total. The van der Waals surface area contributed by atoms with Crippen LogP contribution in [0.3, 0.4) is 0 Å². The van der Waals surface area contributed by atoms with Gasteiger partial charge in [0.2, 0.25) is 11.8 Å². The van der Waals surface area contributed by atoms with Crippen molar-refractivity contribution in [1.82, 2.24) is 10.2 Å². The molecule has 0 radical (unpaired) electrons. The predicted octanol–water partition coefficient (Wildman–Crippen LogP) is 3.55. The molecule has 1 rings (SSSR count). The van der Waals surface area contributed by atoms with E-state index in [0.717, 1.165) is 12.0 Å². The third kappa shape index (κ3) is 7.71. The molecule has 1 aromatic carbocycles. The van der Waals surface area contributed by atoms with Crippen LogP contribution in [0.1, 0.15) is 32.8 Å². The van der Waals surface area contributed by atoms with Gasteiger partial charge in [-0.25, -0.2) is 0 Å². The number of carbonyl (C=O) groups is 2. The van der Waals surface area contributed by atoms with Gasteiger partial charge in [-0.05, 0) is 36.5 Å². The second-order valence-electron chi connectivity index (χ2n) is 5.96. The smallest absolute Gasteiger partial charge is 0.239 e. The van der Waals surface area contributed by atoms with Crippen LogP contribution < -0.4 is 5.32 Å². The Labute approximate surface area is 148 Å². The largest absolute Gasteiger partial charge is 0.355 e. The van der Waals surface area contributed by atoms with Crippen molar-refractivity contribution >= 4 is 35.0 Å². The fourth-order valence-corrected chi connectivity index (χ4v) is 2.56. The highest BCUT2D eigenvalue weighted by molar-refractivity contribution is 6.35. The third-order valence-corrected chi connectivity index (χ3v) is 4.08. The second-order valence-corrected chi connectivity index (χ2v) is 6.80. The maximum atomic E-state index is 11.9. The fourth-order valence-electron chi connectivity index (χ4n) is 2.06. The highest BCUT2D eigenvalue weighted by Gasteiger charge is 2.14. The Bertz CT molecular complexity index is 547. The SMILES string of the molecule is CC(=O)N(CCc1ccc(Cl)cc1Cl)CC(=O)NCCC(C)C. The molecule has 6 heteroatoms. The Hall–Kier alpha value is -1.26. The Morgan fingerprint density at radius 2 is 1.96 bits per heavy atom. The second kappa shape index (κ2) is 9.78. The van der Waals surface area contributed by atoms with Crippen LogP contribution >= 0.6 is 23.2 Å². The predicted molar refractivity (Wildman–Crippen MR) is 94.9 cm³/mol. The van der Waals surface area contributed by atoms with Crippen LogP contribution in [0.5, 0.6) is 0 Å². The van der Waals surface area contributed by atoms with E-state index in [1.165, 1.54) is 11.8 Å². The highest BCUT2D eigenvalue weighted by Crippen LogP contribution is 2.21. The first-order valence-corrected chi connectivity index (χ1v) is 8.51. The molecule has 0 aliphatic heterocycles. The molecule has 0 heterocycles. The van der Waals surface area contributed by atoms with Crippen LogP contribution in [0.25, 0.3) is 0 Å². The zero-order chi connectivity index (χ0) is 17.4. The maximum Gasteiger partial charge on any atom is 0.239 e. The Balaban J connectivity index is 2.52. The van der Waals surface area contributed by atoms with Crippen molar-refractivity contribution in [2.45, 2.75) is 33.6 Å². The molecule has 0 saturated heterocycles. The molecule has 23 heavy (non-hydrogen) atoms. The summed E-state index contributed by atoms with van der Waals surface area (Å²) in [6.45, 7) is 6.80. The Morgan fingerprint density at radius 3 is 2.52 bits per heavy atom. The van der Waals surface area contributed by atoms with Crippen molar-refractivity contribution in [3.05, 3.63) is 33.8 Å². The van der Waals surface area contributed by atoms with Gasteiger partial charge in [-0.3, -0.25) is 9.59 Å². The average Bonchev–Trinajstić information content (AvgIpc) is 2.44. The summed E-state index contributed by atoms with van der Waals surface area (Å²) in [5.74, 6) is 0.267. The number of nitrogens with zero attached hydrogens (tertiary/aromatic N) is 1. The number of amides is 2. The monoisotopic (exact) mass is 358 g/mol. The van der Waals surface area contributed by atoms with Gasteiger partial charge in [-0.2, -0.15) is 0 Å². The summed E-state index contributed by atoms with van der Waals surface area (Å²) in [4.78, 5) is 25.2. The van der Waals surface area contributed by atoms with Crippen molar-refractivity contribution in [3.63, 3.8) is 0 Å². The molecular formula is C17H24Cl2N2O2. The molecule has 0 saturated carbocycles. The lowest BCUT2D eigenvalue weighted by Crippen LogP contribution is -2.41. The van der Waals surface area contributed by atoms with Crippen LogP contribution in [-0.4, -0.2) is 36.3 Å². The van der Waals surface area contributed by atoms with E-state index in [1.54, 1.807) is 12.1 Å². The molecule has 0 fully saturated rings. The minimum absolute atomic E-state index is 0.0681. The normalized spacial score (nSPS) is 10.7. The molecule has 0 bridgehead atoms. The number of carbonyl (C=O) groups excluding carboxylic acids is 2. The first kappa shape index (κ1) is 19.8. The van der Waals surface area contributed by atoms with Gasteiger partial charge in [0.15, 0.2) is 0 Å². The summed E-state index contributed by atoms with van der Waals surface area (Å²) >= 11 is 12.0. The first-order valence-electron chi connectivity index (χ1n) is 7.75. The molecule has 128 valence electrons. The summed E-state index contributed by atoms with van der Waals surface area (Å²) in [5, 5.41) is 3.99. The van der Waals surface area contributed by atoms with Gasteiger partial charge < -0.3 is 10.2 Å². The van der Waals surface area contributed by atoms with Crippen molar-refractivity contribution in [1.29, 1.82) is 0 Å². The molecule has 1 aromatic rings. The van der Waals surface area contributed by atoms with Crippen LogP contribution in [0.4, 0.5) is 0 Å². The zero-order valence-electron chi connectivity index (χ0n) is 13.9. The minimum atomic E-state index is -0.136. The molecule has 0 aromatic heterocycles. The molecule has 0 spiro atoms. The molecule has 0 aliphatic rings. The van der Waals surface area contributed by atoms with Crippen LogP contribution in [0.15, 0.2) is 18.2 Å². The van der Waals surface area contributed by atoms with E-state index in [0.29, 0.717) is 35.5 Å². The van der Waals surface area contributed by atoms with E-state index in [2.05, 4.69) is 19.2 Å². The number of hydrogen-bond acceptors (Lipinski definition) is 2. The molecular weight excluding hydrogens is 335 g/mol. The quantitative estimate of drug-likeness (QED) is 0.772. The van der Waals surface area contributed by atoms with Crippen LogP contribution in [0.2, 0.25) is 10.0 Å². The Morgan fingerprint density at radius 1 is 1.26 bits per heavy atom. The van der Waals surface area contributed by atoms with Crippen LogP contribution in [0, 0.1) is 5.92 Å². The lowest BCUT2D eigenvalue weighted by atomic mass is 10.1. The molecule has 2 amide bonds. The van der Waals surface area contributed by atoms with Crippen LogP contribution in [-0.2, 0) is 16.0 Å². The number of benzene rings is 1. The third-order valence-electron chi connectivity index (χ3n) is 3.49. The average molecular weight is 359 g/mol. The standard InChI is InChI=1S/C17H24Cl2N2O2/c1-12(2)6-8-20-17(23)11-21(13(3)22)9-7-14-4-5-15(18)10-16(14)19/h4-5,10,12H,6-9,11H2,1-3H3,(H,20,23). The number of rotatable bonds is 8. The van der Waals surface area contributed by atoms with Crippen molar-refractivity contribution < 1.29 is 9.59 Å². The number of hydrogen-bond donors (Lipinski definition) is 1. The van der Waals surface area contributed by atoms with E-state index < -0.39 is 0 Å². The number of halogens is 2. The van der Waals surface area contributed by atoms with Gasteiger partial charge in [0.25, 0.3) is 0 Å². The van der Waals surface area contributed by atoms with Gasteiger partial charge in [0.1, 0.15) is 0 Å². The van der Waals surface area contributed by atoms with E-state index >= 15 is 0 Å². The number of nitrogens with one attached hydrogen (secondary N) is 1. The zero-order valence-corrected chi connectivity index (χ0v) is 15.4. The van der Waals surface area contributed by atoms with Gasteiger partial charge in [-0.15, -0.1) is 0 Å². The van der Waals surface area contributed by atoms with E-state index in [-0.39, 0.29) is 18.4 Å². The van der Waals surface area contributed by atoms with Crippen molar-refractivity contribution in [2.75, 3.05) is 19.6 Å². The summed E-state index contributed by atoms with van der Waals surface area (Å²) in [6.07, 6.45) is 1.50. The molecule has 0 aliphatic carbocycles. The summed E-state index contributed by atoms with van der Waals surface area (Å²) in [5.41, 5.74) is 0.905. The highest BCUT2D eigenvalue weighted by atomic mass is 35.5. The summed E-state index contributed by atoms with van der Waals surface area (Å²) in [6, 6.07) is 5.28. The van der Waals surface area contributed by atoms with Gasteiger partial charge >= 0.3 is 0 Å². The van der Waals surface area contributed by atoms with Gasteiger partial charge in [0.05, 0.1) is 6.54 Å². The van der Waals surface area contributed by atoms with Crippen molar-refractivity contribution in [3.8, 4) is 0 Å².